The molecule has 8 heteroatoms. The van der Waals surface area contributed by atoms with Crippen molar-refractivity contribution in [1.82, 2.24) is 14.9 Å². The maximum absolute atomic E-state index is 12.9. The number of nitrogens with one attached hydrogen (secondary N) is 2. The second-order valence-corrected chi connectivity index (χ2v) is 6.33. The molecule has 0 saturated carbocycles. The van der Waals surface area contributed by atoms with Gasteiger partial charge in [0.15, 0.2) is 0 Å². The number of carbonyl (C=O) groups excluding carboxylic acids is 1. The van der Waals surface area contributed by atoms with Gasteiger partial charge in [-0.3, -0.25) is 4.57 Å². The van der Waals surface area contributed by atoms with Crippen molar-refractivity contribution in [3.63, 3.8) is 0 Å². The molecule has 0 unspecified atom stereocenters. The van der Waals surface area contributed by atoms with Gasteiger partial charge in [-0.1, -0.05) is 0 Å². The molecule has 1 aromatic heterocycles. The number of rotatable bonds is 4. The minimum atomic E-state index is -2.65. The van der Waals surface area contributed by atoms with E-state index in [9.17, 15) is 13.6 Å². The Labute approximate surface area is 143 Å². The number of amides is 2. The molecule has 2 saturated heterocycles. The van der Waals surface area contributed by atoms with Crippen molar-refractivity contribution in [1.29, 1.82) is 0 Å². The molecule has 2 amide bonds. The summed E-state index contributed by atoms with van der Waals surface area (Å²) < 4.78 is 32.3. The molecule has 2 bridgehead atoms. The summed E-state index contributed by atoms with van der Waals surface area (Å²) in [5, 5.41) is 5.69. The van der Waals surface area contributed by atoms with E-state index in [-0.39, 0.29) is 30.1 Å². The van der Waals surface area contributed by atoms with Crippen LogP contribution in [0.1, 0.15) is 25.8 Å². The van der Waals surface area contributed by atoms with Crippen LogP contribution in [0.3, 0.4) is 0 Å². The number of anilines is 1. The fraction of sp³-hybridized carbons (Fsp3) is 0.412. The first-order valence-corrected chi connectivity index (χ1v) is 8.24. The van der Waals surface area contributed by atoms with Crippen molar-refractivity contribution >= 4 is 11.7 Å². The number of carbonyl (C=O) groups is 1. The molecule has 3 heterocycles. The highest BCUT2D eigenvalue weighted by Gasteiger charge is 2.41. The van der Waals surface area contributed by atoms with Gasteiger partial charge in [-0.15, -0.1) is 0 Å². The van der Waals surface area contributed by atoms with Gasteiger partial charge in [-0.25, -0.2) is 9.78 Å². The minimum absolute atomic E-state index is 0.0524. The summed E-state index contributed by atoms with van der Waals surface area (Å²) in [5.41, 5.74) is 1.14. The van der Waals surface area contributed by atoms with E-state index in [0.717, 1.165) is 23.8 Å². The zero-order valence-electron chi connectivity index (χ0n) is 13.4. The summed E-state index contributed by atoms with van der Waals surface area (Å²) >= 11 is 0. The highest BCUT2D eigenvalue weighted by Crippen LogP contribution is 2.34. The molecule has 3 atom stereocenters. The Morgan fingerprint density at radius 1 is 1.28 bits per heavy atom. The summed E-state index contributed by atoms with van der Waals surface area (Å²) in [5.74, 6) is 0.185. The summed E-state index contributed by atoms with van der Waals surface area (Å²) in [4.78, 5) is 16.1. The third-order valence-corrected chi connectivity index (χ3v) is 4.70. The number of alkyl halides is 2. The topological polar surface area (TPSA) is 68.2 Å². The molecule has 6 nitrogen and oxygen atoms in total. The lowest BCUT2D eigenvalue weighted by atomic mass is 9.96. The van der Waals surface area contributed by atoms with E-state index in [1.54, 1.807) is 24.3 Å². The van der Waals surface area contributed by atoms with E-state index in [1.807, 2.05) is 0 Å². The number of aromatic nitrogens is 2. The predicted octanol–water partition coefficient (Wildman–Crippen LogP) is 3.39. The van der Waals surface area contributed by atoms with Gasteiger partial charge in [0, 0.05) is 23.6 Å². The number of ether oxygens (including phenoxy) is 1. The van der Waals surface area contributed by atoms with E-state index < -0.39 is 6.55 Å². The van der Waals surface area contributed by atoms with Gasteiger partial charge in [0.1, 0.15) is 5.82 Å². The van der Waals surface area contributed by atoms with Crippen molar-refractivity contribution in [3.05, 3.63) is 36.7 Å². The maximum atomic E-state index is 12.9. The van der Waals surface area contributed by atoms with Crippen LogP contribution in [0.4, 0.5) is 19.3 Å². The number of nitrogens with zero attached hydrogens (tertiary/aromatic N) is 2. The Morgan fingerprint density at radius 3 is 2.72 bits per heavy atom. The SMILES string of the molecule is O=C(Nc1ccc(-c2nccn2C(F)F)cc1)N[C@@H]1C[C@H]2CC[C@H]1O2. The molecule has 0 radical (unpaired) electrons. The molecule has 2 aromatic rings. The van der Waals surface area contributed by atoms with Crippen molar-refractivity contribution in [2.75, 3.05) is 5.32 Å². The van der Waals surface area contributed by atoms with E-state index in [2.05, 4.69) is 15.6 Å². The van der Waals surface area contributed by atoms with Crippen molar-refractivity contribution in [3.8, 4) is 11.4 Å². The van der Waals surface area contributed by atoms with Gasteiger partial charge in [0.25, 0.3) is 0 Å². The first-order valence-electron chi connectivity index (χ1n) is 8.24. The molecule has 25 heavy (non-hydrogen) atoms. The monoisotopic (exact) mass is 348 g/mol. The second kappa shape index (κ2) is 6.44. The van der Waals surface area contributed by atoms with Crippen molar-refractivity contribution < 1.29 is 18.3 Å². The van der Waals surface area contributed by atoms with Crippen LogP contribution < -0.4 is 10.6 Å². The van der Waals surface area contributed by atoms with E-state index in [1.165, 1.54) is 12.4 Å². The average molecular weight is 348 g/mol. The number of hydrogen-bond acceptors (Lipinski definition) is 3. The summed E-state index contributed by atoms with van der Waals surface area (Å²) in [6.45, 7) is -2.65. The Morgan fingerprint density at radius 2 is 2.08 bits per heavy atom. The standard InChI is InChI=1S/C17H18F2N4O2/c18-16(19)23-8-7-20-15(23)10-1-3-11(4-2-10)21-17(24)22-13-9-12-5-6-14(13)25-12/h1-4,7-8,12-14,16H,5-6,9H2,(H2,21,22,24)/t12-,13-,14-/m1/s1. The number of benzene rings is 1. The predicted molar refractivity (Wildman–Crippen MR) is 87.4 cm³/mol. The first-order chi connectivity index (χ1) is 12.1. The molecule has 2 N–H and O–H groups in total. The van der Waals surface area contributed by atoms with Crippen LogP contribution in [0.5, 0.6) is 0 Å². The van der Waals surface area contributed by atoms with E-state index in [0.29, 0.717) is 11.3 Å². The first kappa shape index (κ1) is 16.0. The number of hydrogen-bond donors (Lipinski definition) is 2. The number of urea groups is 1. The van der Waals surface area contributed by atoms with Gasteiger partial charge >= 0.3 is 12.6 Å². The fourth-order valence-electron chi connectivity index (χ4n) is 3.52. The molecule has 132 valence electrons. The normalized spacial score (nSPS) is 24.7. The third kappa shape index (κ3) is 3.21. The van der Waals surface area contributed by atoms with Gasteiger partial charge in [0.05, 0.1) is 18.2 Å². The van der Waals surface area contributed by atoms with Crippen LogP contribution in [0.25, 0.3) is 11.4 Å². The molecule has 0 aliphatic carbocycles. The van der Waals surface area contributed by atoms with Gasteiger partial charge < -0.3 is 15.4 Å². The Kier molecular flexibility index (Phi) is 4.12. The number of imidazole rings is 1. The zero-order valence-corrected chi connectivity index (χ0v) is 13.4. The van der Waals surface area contributed by atoms with Crippen LogP contribution in [0, 0.1) is 0 Å². The largest absolute Gasteiger partial charge is 0.373 e. The molecule has 2 aliphatic rings. The Hall–Kier alpha value is -2.48. The summed E-state index contributed by atoms with van der Waals surface area (Å²) in [6, 6.07) is 6.39. The van der Waals surface area contributed by atoms with Gasteiger partial charge in [-0.05, 0) is 43.5 Å². The highest BCUT2D eigenvalue weighted by molar-refractivity contribution is 5.89. The molecular weight excluding hydrogens is 330 g/mol. The molecule has 0 spiro atoms. The molecule has 2 fully saturated rings. The second-order valence-electron chi connectivity index (χ2n) is 6.33. The minimum Gasteiger partial charge on any atom is -0.373 e. The third-order valence-electron chi connectivity index (χ3n) is 4.70. The number of fused-ring (bicyclic) bond motifs is 2. The van der Waals surface area contributed by atoms with Gasteiger partial charge in [-0.2, -0.15) is 8.78 Å². The zero-order chi connectivity index (χ0) is 17.4. The summed E-state index contributed by atoms with van der Waals surface area (Å²) in [7, 11) is 0. The fourth-order valence-corrected chi connectivity index (χ4v) is 3.52. The molecule has 4 rings (SSSR count). The van der Waals surface area contributed by atoms with Crippen LogP contribution in [-0.4, -0.2) is 33.8 Å². The highest BCUT2D eigenvalue weighted by atomic mass is 19.3. The molecule has 2 aliphatic heterocycles. The molecule has 1 aromatic carbocycles. The van der Waals surface area contributed by atoms with Crippen molar-refractivity contribution in [2.45, 2.75) is 44.1 Å². The Balaban J connectivity index is 1.39. The van der Waals surface area contributed by atoms with E-state index in [4.69, 9.17) is 4.74 Å². The number of halogens is 2. The quantitative estimate of drug-likeness (QED) is 0.890. The van der Waals surface area contributed by atoms with Crippen LogP contribution in [0.15, 0.2) is 36.7 Å². The van der Waals surface area contributed by atoms with Crippen LogP contribution >= 0.6 is 0 Å². The smallest absolute Gasteiger partial charge is 0.320 e. The lowest BCUT2D eigenvalue weighted by molar-refractivity contribution is 0.0720. The van der Waals surface area contributed by atoms with Crippen molar-refractivity contribution in [2.24, 2.45) is 0 Å². The lowest BCUT2D eigenvalue weighted by Gasteiger charge is -2.20. The maximum Gasteiger partial charge on any atom is 0.320 e. The van der Waals surface area contributed by atoms with Gasteiger partial charge in [0.2, 0.25) is 0 Å². The summed E-state index contributed by atoms with van der Waals surface area (Å²) in [6.07, 6.45) is 5.86. The molecular formula is C17H18F2N4O2. The van der Waals surface area contributed by atoms with Crippen LogP contribution in [-0.2, 0) is 4.74 Å². The van der Waals surface area contributed by atoms with E-state index >= 15 is 0 Å². The van der Waals surface area contributed by atoms with Crippen LogP contribution in [0.2, 0.25) is 0 Å². The average Bonchev–Trinajstić information content (AvgIpc) is 3.31. The Bertz CT molecular complexity index is 762. The lowest BCUT2D eigenvalue weighted by Crippen LogP contribution is -2.43.